The van der Waals surface area contributed by atoms with Crippen molar-refractivity contribution in [2.75, 3.05) is 6.54 Å². The Hall–Kier alpha value is -0.930. The Kier molecular flexibility index (Phi) is 2.68. The van der Waals surface area contributed by atoms with Gasteiger partial charge in [-0.25, -0.2) is 0 Å². The van der Waals surface area contributed by atoms with Crippen LogP contribution in [-0.2, 0) is 5.41 Å². The topological polar surface area (TPSA) is 38.9 Å². The summed E-state index contributed by atoms with van der Waals surface area (Å²) in [5.74, 6) is 0. The Labute approximate surface area is 106 Å². The molecule has 1 aliphatic rings. The molecule has 1 aromatic carbocycles. The lowest BCUT2D eigenvalue weighted by Gasteiger charge is -2.28. The summed E-state index contributed by atoms with van der Waals surface area (Å²) in [6.45, 7) is 2.88. The lowest BCUT2D eigenvalue weighted by atomic mass is 9.77. The average Bonchev–Trinajstić information content (AvgIpc) is 2.97. The molecule has 0 amide bonds. The van der Waals surface area contributed by atoms with Crippen LogP contribution in [0.1, 0.15) is 36.9 Å². The molecule has 1 aromatic heterocycles. The lowest BCUT2D eigenvalue weighted by Crippen LogP contribution is -2.32. The molecule has 0 unspecified atom stereocenters. The highest BCUT2D eigenvalue weighted by Gasteiger charge is 2.35. The molecule has 2 nitrogen and oxygen atoms in total. The minimum absolute atomic E-state index is 0.215. The molecule has 1 fully saturated rings. The molecule has 2 aromatic rings. The normalized spacial score (nSPS) is 18.9. The Morgan fingerprint density at radius 1 is 1.35 bits per heavy atom. The average molecular weight is 246 g/mol. The van der Waals surface area contributed by atoms with Gasteiger partial charge in [-0.05, 0) is 42.9 Å². The molecular weight excluding hydrogens is 228 g/mol. The standard InChI is InChI=1S/C14H18N2S/c1-10-13-11(5-4-6-12(13)17-16-10)14(9-15)7-2-3-8-14/h4-6H,2-3,7-9,15H2,1H3. The fraction of sp³-hybridized carbons (Fsp3) is 0.500. The minimum atomic E-state index is 0.215. The molecule has 0 saturated heterocycles. The third-order valence-electron chi connectivity index (χ3n) is 4.19. The summed E-state index contributed by atoms with van der Waals surface area (Å²) in [5, 5.41) is 1.37. The van der Waals surface area contributed by atoms with E-state index in [4.69, 9.17) is 5.73 Å². The molecule has 0 aliphatic heterocycles. The van der Waals surface area contributed by atoms with Gasteiger partial charge in [-0.2, -0.15) is 4.37 Å². The van der Waals surface area contributed by atoms with Crippen LogP contribution in [-0.4, -0.2) is 10.9 Å². The minimum Gasteiger partial charge on any atom is -0.330 e. The fourth-order valence-corrected chi connectivity index (χ4v) is 4.04. The maximum Gasteiger partial charge on any atom is 0.0592 e. The van der Waals surface area contributed by atoms with Gasteiger partial charge in [0, 0.05) is 17.3 Å². The molecule has 3 rings (SSSR count). The number of aryl methyl sites for hydroxylation is 1. The summed E-state index contributed by atoms with van der Waals surface area (Å²) >= 11 is 1.61. The van der Waals surface area contributed by atoms with E-state index in [-0.39, 0.29) is 5.41 Å². The van der Waals surface area contributed by atoms with Gasteiger partial charge in [0.25, 0.3) is 0 Å². The molecular formula is C14H18N2S. The zero-order chi connectivity index (χ0) is 11.9. The SMILES string of the molecule is Cc1nsc2cccc(C3(CN)CCCC3)c12. The summed E-state index contributed by atoms with van der Waals surface area (Å²) in [6, 6.07) is 6.59. The van der Waals surface area contributed by atoms with Crippen LogP contribution in [0, 0.1) is 6.92 Å². The van der Waals surface area contributed by atoms with Crippen molar-refractivity contribution in [3.05, 3.63) is 29.5 Å². The Balaban J connectivity index is 2.25. The number of rotatable bonds is 2. The molecule has 1 aliphatic carbocycles. The van der Waals surface area contributed by atoms with Crippen molar-refractivity contribution < 1.29 is 0 Å². The maximum absolute atomic E-state index is 6.09. The van der Waals surface area contributed by atoms with Crippen molar-refractivity contribution in [1.29, 1.82) is 0 Å². The summed E-state index contributed by atoms with van der Waals surface area (Å²) in [6.07, 6.45) is 5.09. The zero-order valence-electron chi connectivity index (χ0n) is 10.2. The van der Waals surface area contributed by atoms with Gasteiger partial charge < -0.3 is 5.73 Å². The van der Waals surface area contributed by atoms with Crippen LogP contribution in [0.2, 0.25) is 0 Å². The Bertz CT molecular complexity index is 538. The number of hydrogen-bond acceptors (Lipinski definition) is 3. The highest BCUT2D eigenvalue weighted by molar-refractivity contribution is 7.13. The number of nitrogens with two attached hydrogens (primary N) is 1. The first kappa shape index (κ1) is 11.2. The molecule has 1 heterocycles. The smallest absolute Gasteiger partial charge is 0.0592 e. The largest absolute Gasteiger partial charge is 0.330 e. The maximum atomic E-state index is 6.09. The van der Waals surface area contributed by atoms with Crippen LogP contribution in [0.4, 0.5) is 0 Å². The third kappa shape index (κ3) is 1.60. The van der Waals surface area contributed by atoms with Gasteiger partial charge in [0.05, 0.1) is 10.4 Å². The number of benzene rings is 1. The van der Waals surface area contributed by atoms with Crippen LogP contribution in [0.3, 0.4) is 0 Å². The molecule has 0 bridgehead atoms. The third-order valence-corrected chi connectivity index (χ3v) is 5.09. The van der Waals surface area contributed by atoms with E-state index in [2.05, 4.69) is 29.5 Å². The number of hydrogen-bond donors (Lipinski definition) is 1. The zero-order valence-corrected chi connectivity index (χ0v) is 11.0. The van der Waals surface area contributed by atoms with Gasteiger partial charge in [-0.3, -0.25) is 0 Å². The molecule has 0 atom stereocenters. The quantitative estimate of drug-likeness (QED) is 0.882. The summed E-state index contributed by atoms with van der Waals surface area (Å²) < 4.78 is 5.80. The van der Waals surface area contributed by atoms with Gasteiger partial charge in [0.2, 0.25) is 0 Å². The second kappa shape index (κ2) is 4.07. The second-order valence-corrected chi connectivity index (χ2v) is 5.94. The van der Waals surface area contributed by atoms with Crippen molar-refractivity contribution in [3.8, 4) is 0 Å². The molecule has 3 heteroatoms. The highest BCUT2D eigenvalue weighted by Crippen LogP contribution is 2.44. The van der Waals surface area contributed by atoms with E-state index in [1.54, 1.807) is 11.5 Å². The summed E-state index contributed by atoms with van der Waals surface area (Å²) in [7, 11) is 0. The molecule has 1 saturated carbocycles. The molecule has 0 spiro atoms. The van der Waals surface area contributed by atoms with Gasteiger partial charge in [0.1, 0.15) is 0 Å². The first-order valence-electron chi connectivity index (χ1n) is 6.32. The fourth-order valence-electron chi connectivity index (χ4n) is 3.22. The van der Waals surface area contributed by atoms with Crippen LogP contribution in [0.5, 0.6) is 0 Å². The first-order chi connectivity index (χ1) is 8.27. The van der Waals surface area contributed by atoms with Crippen LogP contribution in [0.15, 0.2) is 18.2 Å². The Morgan fingerprint density at radius 3 is 2.82 bits per heavy atom. The second-order valence-electron chi connectivity index (χ2n) is 5.14. The van der Waals surface area contributed by atoms with Crippen molar-refractivity contribution in [2.24, 2.45) is 5.73 Å². The van der Waals surface area contributed by atoms with E-state index in [0.29, 0.717) is 0 Å². The van der Waals surface area contributed by atoms with Crippen LogP contribution in [0.25, 0.3) is 10.1 Å². The van der Waals surface area contributed by atoms with Crippen molar-refractivity contribution >= 4 is 21.6 Å². The van der Waals surface area contributed by atoms with E-state index >= 15 is 0 Å². The molecule has 2 N–H and O–H groups in total. The number of aromatic nitrogens is 1. The highest BCUT2D eigenvalue weighted by atomic mass is 32.1. The summed E-state index contributed by atoms with van der Waals surface area (Å²) in [4.78, 5) is 0. The van der Waals surface area contributed by atoms with Crippen molar-refractivity contribution in [1.82, 2.24) is 4.37 Å². The van der Waals surface area contributed by atoms with Crippen molar-refractivity contribution in [3.63, 3.8) is 0 Å². The van der Waals surface area contributed by atoms with E-state index in [1.165, 1.54) is 47.0 Å². The van der Waals surface area contributed by atoms with Gasteiger partial charge in [0.15, 0.2) is 0 Å². The molecule has 90 valence electrons. The summed E-state index contributed by atoms with van der Waals surface area (Å²) in [5.41, 5.74) is 8.92. The van der Waals surface area contributed by atoms with Crippen LogP contribution < -0.4 is 5.73 Å². The van der Waals surface area contributed by atoms with Gasteiger partial charge in [-0.15, -0.1) is 0 Å². The van der Waals surface area contributed by atoms with E-state index in [1.807, 2.05) is 0 Å². The monoisotopic (exact) mass is 246 g/mol. The molecule has 17 heavy (non-hydrogen) atoms. The predicted molar refractivity (Wildman–Crippen MR) is 73.6 cm³/mol. The number of fused-ring (bicyclic) bond motifs is 1. The van der Waals surface area contributed by atoms with Crippen LogP contribution >= 0.6 is 11.5 Å². The first-order valence-corrected chi connectivity index (χ1v) is 7.10. The van der Waals surface area contributed by atoms with Gasteiger partial charge in [-0.1, -0.05) is 25.0 Å². The van der Waals surface area contributed by atoms with Crippen molar-refractivity contribution in [2.45, 2.75) is 38.0 Å². The molecule has 0 radical (unpaired) electrons. The van der Waals surface area contributed by atoms with E-state index < -0.39 is 0 Å². The number of nitrogens with zero attached hydrogens (tertiary/aromatic N) is 1. The van der Waals surface area contributed by atoms with E-state index in [9.17, 15) is 0 Å². The lowest BCUT2D eigenvalue weighted by molar-refractivity contribution is 0.457. The predicted octanol–water partition coefficient (Wildman–Crippen LogP) is 3.38. The van der Waals surface area contributed by atoms with E-state index in [0.717, 1.165) is 6.54 Å². The Morgan fingerprint density at radius 2 is 2.12 bits per heavy atom. The van der Waals surface area contributed by atoms with Gasteiger partial charge >= 0.3 is 0 Å².